The van der Waals surface area contributed by atoms with Crippen molar-refractivity contribution in [1.29, 1.82) is 0 Å². The summed E-state index contributed by atoms with van der Waals surface area (Å²) >= 11 is 0. The first kappa shape index (κ1) is 13.8. The highest BCUT2D eigenvalue weighted by Crippen LogP contribution is 2.30. The lowest BCUT2D eigenvalue weighted by Crippen LogP contribution is -2.06. The van der Waals surface area contributed by atoms with Crippen LogP contribution in [0.3, 0.4) is 0 Å². The Bertz CT molecular complexity index is 571. The molecule has 2 aromatic rings. The summed E-state index contributed by atoms with van der Waals surface area (Å²) in [6.45, 7) is 2.14. The maximum Gasteiger partial charge on any atom is 0.152 e. The second-order valence-electron chi connectivity index (χ2n) is 5.00. The number of unbranched alkanes of at least 4 members (excludes halogenated alkanes) is 2. The van der Waals surface area contributed by atoms with Crippen molar-refractivity contribution in [3.63, 3.8) is 0 Å². The van der Waals surface area contributed by atoms with E-state index >= 15 is 0 Å². The Labute approximate surface area is 113 Å². The van der Waals surface area contributed by atoms with Gasteiger partial charge in [-0.2, -0.15) is 0 Å². The average Bonchev–Trinajstić information content (AvgIpc) is 2.72. The zero-order chi connectivity index (χ0) is 13.8. The smallest absolute Gasteiger partial charge is 0.152 e. The number of carbonyl (C=O) groups is 1. The van der Waals surface area contributed by atoms with Gasteiger partial charge in [-0.25, -0.2) is 0 Å². The van der Waals surface area contributed by atoms with Gasteiger partial charge in [0.2, 0.25) is 0 Å². The third-order valence-electron chi connectivity index (χ3n) is 3.71. The molecule has 1 aromatic heterocycles. The van der Waals surface area contributed by atoms with Crippen LogP contribution in [-0.4, -0.2) is 16.0 Å². The summed E-state index contributed by atoms with van der Waals surface area (Å²) in [6.07, 6.45) is 4.22. The van der Waals surface area contributed by atoms with Crippen molar-refractivity contribution in [3.05, 3.63) is 35.5 Å². The fourth-order valence-electron chi connectivity index (χ4n) is 2.69. The Balaban J connectivity index is 2.41. The van der Waals surface area contributed by atoms with E-state index in [-0.39, 0.29) is 0 Å². The molecule has 1 atom stereocenters. The molecule has 1 aromatic carbocycles. The van der Waals surface area contributed by atoms with E-state index in [4.69, 9.17) is 0 Å². The standard InChI is InChI=1S/C16H21NO2/c1-3-4-5-10-15(19)16-13(11-18)12-8-6-7-9-14(12)17(16)2/h6-9,11,15,19H,3-5,10H2,1-2H3. The van der Waals surface area contributed by atoms with Gasteiger partial charge in [-0.1, -0.05) is 44.4 Å². The van der Waals surface area contributed by atoms with Crippen LogP contribution in [0.25, 0.3) is 10.9 Å². The number of aryl methyl sites for hydroxylation is 1. The fraction of sp³-hybridized carbons (Fsp3) is 0.438. The van der Waals surface area contributed by atoms with Crippen LogP contribution in [0, 0.1) is 0 Å². The lowest BCUT2D eigenvalue weighted by Gasteiger charge is -2.13. The van der Waals surface area contributed by atoms with E-state index in [0.717, 1.165) is 42.1 Å². The quantitative estimate of drug-likeness (QED) is 0.636. The van der Waals surface area contributed by atoms with Gasteiger partial charge in [0, 0.05) is 23.5 Å². The van der Waals surface area contributed by atoms with Gasteiger partial charge >= 0.3 is 0 Å². The third kappa shape index (κ3) is 2.56. The Hall–Kier alpha value is -1.61. The van der Waals surface area contributed by atoms with Gasteiger partial charge in [-0.05, 0) is 12.5 Å². The number of nitrogens with zero attached hydrogens (tertiary/aromatic N) is 1. The van der Waals surface area contributed by atoms with E-state index in [9.17, 15) is 9.90 Å². The number of hydrogen-bond donors (Lipinski definition) is 1. The molecule has 0 aliphatic carbocycles. The minimum atomic E-state index is -0.566. The summed E-state index contributed by atoms with van der Waals surface area (Å²) in [5.74, 6) is 0. The number of para-hydroxylation sites is 1. The second-order valence-corrected chi connectivity index (χ2v) is 5.00. The largest absolute Gasteiger partial charge is 0.387 e. The van der Waals surface area contributed by atoms with Gasteiger partial charge in [-0.15, -0.1) is 0 Å². The number of benzene rings is 1. The molecule has 0 spiro atoms. The molecule has 0 aliphatic heterocycles. The van der Waals surface area contributed by atoms with Crippen molar-refractivity contribution < 1.29 is 9.90 Å². The van der Waals surface area contributed by atoms with Crippen molar-refractivity contribution in [3.8, 4) is 0 Å². The first-order valence-corrected chi connectivity index (χ1v) is 6.91. The molecule has 1 unspecified atom stereocenters. The van der Waals surface area contributed by atoms with Gasteiger partial charge in [0.1, 0.15) is 0 Å². The van der Waals surface area contributed by atoms with E-state index in [2.05, 4.69) is 6.92 Å². The van der Waals surface area contributed by atoms with E-state index in [1.807, 2.05) is 35.9 Å². The predicted octanol–water partition coefficient (Wildman–Crippen LogP) is 3.60. The van der Waals surface area contributed by atoms with Crippen LogP contribution < -0.4 is 0 Å². The van der Waals surface area contributed by atoms with Crippen LogP contribution in [0.15, 0.2) is 24.3 Å². The number of aromatic nitrogens is 1. The minimum Gasteiger partial charge on any atom is -0.387 e. The third-order valence-corrected chi connectivity index (χ3v) is 3.71. The number of aliphatic hydroxyl groups excluding tert-OH is 1. The van der Waals surface area contributed by atoms with Crippen LogP contribution in [0.2, 0.25) is 0 Å². The number of aldehydes is 1. The minimum absolute atomic E-state index is 0.566. The molecule has 0 radical (unpaired) electrons. The molecule has 2 rings (SSSR count). The van der Waals surface area contributed by atoms with Crippen LogP contribution in [-0.2, 0) is 7.05 Å². The van der Waals surface area contributed by atoms with Crippen LogP contribution >= 0.6 is 0 Å². The zero-order valence-corrected chi connectivity index (χ0v) is 11.6. The van der Waals surface area contributed by atoms with E-state index in [0.29, 0.717) is 12.0 Å². The molecule has 0 aliphatic rings. The Morgan fingerprint density at radius 3 is 2.74 bits per heavy atom. The number of fused-ring (bicyclic) bond motifs is 1. The lowest BCUT2D eigenvalue weighted by molar-refractivity contribution is 0.111. The van der Waals surface area contributed by atoms with E-state index < -0.39 is 6.10 Å². The molecule has 0 fully saturated rings. The molecule has 0 amide bonds. The highest BCUT2D eigenvalue weighted by Gasteiger charge is 2.20. The van der Waals surface area contributed by atoms with Crippen molar-refractivity contribution in [2.45, 2.75) is 38.7 Å². The molecule has 3 heteroatoms. The first-order valence-electron chi connectivity index (χ1n) is 6.91. The second kappa shape index (κ2) is 6.02. The average molecular weight is 259 g/mol. The van der Waals surface area contributed by atoms with Crippen LogP contribution in [0.5, 0.6) is 0 Å². The summed E-state index contributed by atoms with van der Waals surface area (Å²) < 4.78 is 1.94. The normalized spacial score (nSPS) is 12.8. The molecule has 0 saturated carbocycles. The molecule has 1 heterocycles. The highest BCUT2D eigenvalue weighted by molar-refractivity contribution is 5.99. The van der Waals surface area contributed by atoms with Gasteiger partial charge in [-0.3, -0.25) is 4.79 Å². The number of hydrogen-bond acceptors (Lipinski definition) is 2. The van der Waals surface area contributed by atoms with Gasteiger partial charge in [0.05, 0.1) is 11.8 Å². The molecule has 3 nitrogen and oxygen atoms in total. The molecule has 0 saturated heterocycles. The summed E-state index contributed by atoms with van der Waals surface area (Å²) in [5.41, 5.74) is 2.36. The Kier molecular flexibility index (Phi) is 4.38. The fourth-order valence-corrected chi connectivity index (χ4v) is 2.69. The molecule has 1 N–H and O–H groups in total. The summed E-state index contributed by atoms with van der Waals surface area (Å²) in [6, 6.07) is 7.78. The van der Waals surface area contributed by atoms with Crippen LogP contribution in [0.1, 0.15) is 54.8 Å². The molecule has 102 valence electrons. The van der Waals surface area contributed by atoms with Gasteiger partial charge in [0.15, 0.2) is 6.29 Å². The summed E-state index contributed by atoms with van der Waals surface area (Å²) in [7, 11) is 1.91. The topological polar surface area (TPSA) is 42.2 Å². The maximum atomic E-state index is 11.4. The number of rotatable bonds is 6. The summed E-state index contributed by atoms with van der Waals surface area (Å²) in [4.78, 5) is 11.4. The van der Waals surface area contributed by atoms with E-state index in [1.54, 1.807) is 0 Å². The monoisotopic (exact) mass is 259 g/mol. The van der Waals surface area contributed by atoms with Crippen molar-refractivity contribution in [2.24, 2.45) is 7.05 Å². The lowest BCUT2D eigenvalue weighted by atomic mass is 10.0. The molecular formula is C16H21NO2. The first-order chi connectivity index (χ1) is 9.20. The van der Waals surface area contributed by atoms with Crippen LogP contribution in [0.4, 0.5) is 0 Å². The molecule has 19 heavy (non-hydrogen) atoms. The zero-order valence-electron chi connectivity index (χ0n) is 11.6. The molecule has 0 bridgehead atoms. The molecular weight excluding hydrogens is 238 g/mol. The van der Waals surface area contributed by atoms with Gasteiger partial charge < -0.3 is 9.67 Å². The number of aliphatic hydroxyl groups is 1. The Morgan fingerprint density at radius 1 is 1.32 bits per heavy atom. The predicted molar refractivity (Wildman–Crippen MR) is 77.4 cm³/mol. The van der Waals surface area contributed by atoms with Gasteiger partial charge in [0.25, 0.3) is 0 Å². The van der Waals surface area contributed by atoms with E-state index in [1.165, 1.54) is 0 Å². The van der Waals surface area contributed by atoms with Crippen molar-refractivity contribution in [2.75, 3.05) is 0 Å². The number of carbonyl (C=O) groups excluding carboxylic acids is 1. The maximum absolute atomic E-state index is 11.4. The highest BCUT2D eigenvalue weighted by atomic mass is 16.3. The Morgan fingerprint density at radius 2 is 2.05 bits per heavy atom. The summed E-state index contributed by atoms with van der Waals surface area (Å²) in [5, 5.41) is 11.3. The SMILES string of the molecule is CCCCCC(O)c1c(C=O)c2ccccc2n1C. The van der Waals surface area contributed by atoms with Crippen molar-refractivity contribution in [1.82, 2.24) is 4.57 Å². The van der Waals surface area contributed by atoms with Crippen molar-refractivity contribution >= 4 is 17.2 Å².